The first-order valence-corrected chi connectivity index (χ1v) is 7.67. The molecule has 2 rings (SSSR count). The van der Waals surface area contributed by atoms with E-state index in [1.165, 1.54) is 0 Å². The zero-order valence-electron chi connectivity index (χ0n) is 10.9. The van der Waals surface area contributed by atoms with Crippen molar-refractivity contribution in [1.29, 1.82) is 0 Å². The lowest BCUT2D eigenvalue weighted by molar-refractivity contribution is 0.174. The molecule has 0 aliphatic rings. The van der Waals surface area contributed by atoms with E-state index in [0.29, 0.717) is 12.8 Å². The van der Waals surface area contributed by atoms with E-state index in [0.717, 1.165) is 26.5 Å². The second-order valence-corrected chi connectivity index (χ2v) is 6.26. The summed E-state index contributed by atoms with van der Waals surface area (Å²) in [5.41, 5.74) is 2.00. The van der Waals surface area contributed by atoms with Gasteiger partial charge in [0.1, 0.15) is 5.75 Å². The number of thiazole rings is 1. The number of ether oxygens (including phenoxy) is 1. The van der Waals surface area contributed by atoms with Gasteiger partial charge in [0.2, 0.25) is 0 Å². The highest BCUT2D eigenvalue weighted by Gasteiger charge is 2.13. The Morgan fingerprint density at radius 3 is 2.84 bits per heavy atom. The van der Waals surface area contributed by atoms with Gasteiger partial charge in [-0.25, -0.2) is 4.98 Å². The van der Waals surface area contributed by atoms with Gasteiger partial charge in [-0.2, -0.15) is 0 Å². The van der Waals surface area contributed by atoms with Crippen molar-refractivity contribution in [2.24, 2.45) is 0 Å². The number of rotatable bonds is 5. The van der Waals surface area contributed by atoms with Crippen LogP contribution >= 0.6 is 27.3 Å². The Labute approximate surface area is 125 Å². The van der Waals surface area contributed by atoms with Gasteiger partial charge in [0.05, 0.1) is 18.2 Å². The molecule has 2 aromatic rings. The second kappa shape index (κ2) is 6.50. The standard InChI is InChI=1S/C14H16BrNO2S/c1-9-8-19-14(16-9)7-12(17)6-10-5-11(15)3-4-13(10)18-2/h3-5,8,12,17H,6-7H2,1-2H3. The summed E-state index contributed by atoms with van der Waals surface area (Å²) in [7, 11) is 1.64. The molecule has 0 spiro atoms. The molecule has 0 saturated carbocycles. The Kier molecular flexibility index (Phi) is 4.96. The van der Waals surface area contributed by atoms with Gasteiger partial charge in [-0.3, -0.25) is 0 Å². The molecule has 0 saturated heterocycles. The van der Waals surface area contributed by atoms with Gasteiger partial charge in [0, 0.05) is 28.4 Å². The number of benzene rings is 1. The van der Waals surface area contributed by atoms with Crippen LogP contribution in [0.4, 0.5) is 0 Å². The number of aromatic nitrogens is 1. The van der Waals surface area contributed by atoms with Gasteiger partial charge in [0.25, 0.3) is 0 Å². The van der Waals surface area contributed by atoms with Crippen LogP contribution in [0.3, 0.4) is 0 Å². The molecule has 0 aliphatic heterocycles. The molecule has 1 atom stereocenters. The van der Waals surface area contributed by atoms with Crippen molar-refractivity contribution in [3.05, 3.63) is 44.3 Å². The van der Waals surface area contributed by atoms with Crippen molar-refractivity contribution >= 4 is 27.3 Å². The Balaban J connectivity index is 2.05. The van der Waals surface area contributed by atoms with Crippen LogP contribution in [0, 0.1) is 6.92 Å². The summed E-state index contributed by atoms with van der Waals surface area (Å²) in [5.74, 6) is 0.803. The zero-order chi connectivity index (χ0) is 13.8. The SMILES string of the molecule is COc1ccc(Br)cc1CC(O)Cc1nc(C)cs1. The van der Waals surface area contributed by atoms with E-state index >= 15 is 0 Å². The highest BCUT2D eigenvalue weighted by molar-refractivity contribution is 9.10. The third-order valence-corrected chi connectivity index (χ3v) is 4.26. The lowest BCUT2D eigenvalue weighted by Gasteiger charge is -2.13. The summed E-state index contributed by atoms with van der Waals surface area (Å²) < 4.78 is 6.30. The largest absolute Gasteiger partial charge is 0.496 e. The Morgan fingerprint density at radius 1 is 1.42 bits per heavy atom. The monoisotopic (exact) mass is 341 g/mol. The van der Waals surface area contributed by atoms with Crippen LogP contribution in [0.25, 0.3) is 0 Å². The molecule has 1 unspecified atom stereocenters. The normalized spacial score (nSPS) is 12.4. The molecule has 0 bridgehead atoms. The van der Waals surface area contributed by atoms with Crippen molar-refractivity contribution in [3.63, 3.8) is 0 Å². The Bertz CT molecular complexity index is 556. The van der Waals surface area contributed by atoms with Gasteiger partial charge in [-0.1, -0.05) is 15.9 Å². The van der Waals surface area contributed by atoms with Crippen LogP contribution in [0.2, 0.25) is 0 Å². The van der Waals surface area contributed by atoms with Crippen LogP contribution < -0.4 is 4.74 Å². The molecule has 3 nitrogen and oxygen atoms in total. The fraction of sp³-hybridized carbons (Fsp3) is 0.357. The van der Waals surface area contributed by atoms with Crippen LogP contribution in [-0.4, -0.2) is 23.3 Å². The molecule has 1 N–H and O–H groups in total. The van der Waals surface area contributed by atoms with Gasteiger partial charge >= 0.3 is 0 Å². The van der Waals surface area contributed by atoms with E-state index in [-0.39, 0.29) is 0 Å². The summed E-state index contributed by atoms with van der Waals surface area (Å²) in [6, 6.07) is 5.81. The quantitative estimate of drug-likeness (QED) is 0.906. The predicted octanol–water partition coefficient (Wildman–Crippen LogP) is 3.37. The Hall–Kier alpha value is -0.910. The maximum absolute atomic E-state index is 10.2. The van der Waals surface area contributed by atoms with E-state index in [2.05, 4.69) is 20.9 Å². The number of nitrogens with zero attached hydrogens (tertiary/aromatic N) is 1. The first kappa shape index (κ1) is 14.5. The fourth-order valence-electron chi connectivity index (χ4n) is 1.93. The first-order chi connectivity index (χ1) is 9.08. The highest BCUT2D eigenvalue weighted by atomic mass is 79.9. The molecule has 0 aliphatic carbocycles. The minimum atomic E-state index is -0.450. The average molecular weight is 342 g/mol. The summed E-state index contributed by atoms with van der Waals surface area (Å²) in [5, 5.41) is 13.1. The number of hydrogen-bond donors (Lipinski definition) is 1. The van der Waals surface area contributed by atoms with E-state index < -0.39 is 6.10 Å². The van der Waals surface area contributed by atoms with Gasteiger partial charge in [0.15, 0.2) is 0 Å². The molecule has 0 fully saturated rings. The first-order valence-electron chi connectivity index (χ1n) is 6.00. The summed E-state index contributed by atoms with van der Waals surface area (Å²) >= 11 is 5.03. The maximum atomic E-state index is 10.2. The van der Waals surface area contributed by atoms with Crippen LogP contribution in [0.5, 0.6) is 5.75 Å². The summed E-state index contributed by atoms with van der Waals surface area (Å²) in [4.78, 5) is 4.37. The predicted molar refractivity (Wildman–Crippen MR) is 81.0 cm³/mol. The van der Waals surface area contributed by atoms with E-state index in [1.807, 2.05) is 30.5 Å². The van der Waals surface area contributed by atoms with Crippen molar-refractivity contribution in [1.82, 2.24) is 4.98 Å². The van der Waals surface area contributed by atoms with Crippen molar-refractivity contribution in [2.45, 2.75) is 25.9 Å². The smallest absolute Gasteiger partial charge is 0.122 e. The average Bonchev–Trinajstić information content (AvgIpc) is 2.75. The maximum Gasteiger partial charge on any atom is 0.122 e. The molecule has 5 heteroatoms. The van der Waals surface area contributed by atoms with Crippen molar-refractivity contribution in [3.8, 4) is 5.75 Å². The number of halogens is 1. The van der Waals surface area contributed by atoms with Gasteiger partial charge < -0.3 is 9.84 Å². The number of aliphatic hydroxyl groups excluding tert-OH is 1. The number of aliphatic hydroxyl groups is 1. The molecule has 1 aromatic carbocycles. The minimum Gasteiger partial charge on any atom is -0.496 e. The van der Waals surface area contributed by atoms with Crippen LogP contribution in [0.15, 0.2) is 28.1 Å². The third kappa shape index (κ3) is 4.03. The number of hydrogen-bond acceptors (Lipinski definition) is 4. The highest BCUT2D eigenvalue weighted by Crippen LogP contribution is 2.25. The zero-order valence-corrected chi connectivity index (χ0v) is 13.3. The van der Waals surface area contributed by atoms with Gasteiger partial charge in [-0.15, -0.1) is 11.3 Å². The minimum absolute atomic E-state index is 0.450. The Morgan fingerprint density at radius 2 is 2.21 bits per heavy atom. The second-order valence-electron chi connectivity index (χ2n) is 4.40. The van der Waals surface area contributed by atoms with Crippen molar-refractivity contribution < 1.29 is 9.84 Å². The molecular formula is C14H16BrNO2S. The van der Waals surface area contributed by atoms with E-state index in [1.54, 1.807) is 18.4 Å². The van der Waals surface area contributed by atoms with E-state index in [4.69, 9.17) is 4.74 Å². The van der Waals surface area contributed by atoms with Crippen LogP contribution in [0.1, 0.15) is 16.3 Å². The molecule has 0 radical (unpaired) electrons. The third-order valence-electron chi connectivity index (χ3n) is 2.77. The number of methoxy groups -OCH3 is 1. The van der Waals surface area contributed by atoms with Crippen molar-refractivity contribution in [2.75, 3.05) is 7.11 Å². The molecular weight excluding hydrogens is 326 g/mol. The lowest BCUT2D eigenvalue weighted by atomic mass is 10.0. The summed E-state index contributed by atoms with van der Waals surface area (Å²) in [6.45, 7) is 1.96. The topological polar surface area (TPSA) is 42.4 Å². The molecule has 0 amide bonds. The molecule has 102 valence electrons. The fourth-order valence-corrected chi connectivity index (χ4v) is 3.18. The van der Waals surface area contributed by atoms with Crippen LogP contribution in [-0.2, 0) is 12.8 Å². The number of aryl methyl sites for hydroxylation is 1. The van der Waals surface area contributed by atoms with E-state index in [9.17, 15) is 5.11 Å². The van der Waals surface area contributed by atoms with Gasteiger partial charge in [-0.05, 0) is 30.7 Å². The molecule has 19 heavy (non-hydrogen) atoms. The molecule has 1 aromatic heterocycles. The lowest BCUT2D eigenvalue weighted by Crippen LogP contribution is -2.14. The molecule has 1 heterocycles. The summed E-state index contributed by atoms with van der Waals surface area (Å²) in [6.07, 6.45) is 0.684.